The number of nitrogens with zero attached hydrogens (tertiary/aromatic N) is 2. The van der Waals surface area contributed by atoms with Crippen molar-refractivity contribution >= 4 is 39.1 Å². The van der Waals surface area contributed by atoms with Gasteiger partial charge >= 0.3 is 0 Å². The Kier molecular flexibility index (Phi) is 10.9. The van der Waals surface area contributed by atoms with Crippen molar-refractivity contribution in [1.29, 1.82) is 0 Å². The first-order valence-electron chi connectivity index (χ1n) is 11.5. The first-order valence-corrected chi connectivity index (χ1v) is 13.8. The van der Waals surface area contributed by atoms with E-state index in [-0.39, 0.29) is 23.9 Å². The van der Waals surface area contributed by atoms with Gasteiger partial charge in [-0.25, -0.2) is 8.42 Å². The molecule has 0 aliphatic carbocycles. The summed E-state index contributed by atoms with van der Waals surface area (Å²) in [5.74, 6) is -0.176. The van der Waals surface area contributed by atoms with Gasteiger partial charge in [-0.05, 0) is 43.2 Å². The smallest absolute Gasteiger partial charge is 0.244 e. The van der Waals surface area contributed by atoms with Crippen LogP contribution in [0.4, 0.5) is 5.69 Å². The van der Waals surface area contributed by atoms with Crippen molar-refractivity contribution in [2.24, 2.45) is 0 Å². The number of carbonyl (C=O) groups excluding carboxylic acids is 2. The van der Waals surface area contributed by atoms with Crippen LogP contribution in [0.5, 0.6) is 11.5 Å². The molecule has 2 rings (SSSR count). The molecule has 0 aliphatic heterocycles. The van der Waals surface area contributed by atoms with E-state index in [0.717, 1.165) is 29.0 Å². The van der Waals surface area contributed by atoms with Gasteiger partial charge in [-0.2, -0.15) is 0 Å². The fraction of sp³-hybridized carbons (Fsp3) is 0.440. The summed E-state index contributed by atoms with van der Waals surface area (Å²) < 4.78 is 37.0. The average Bonchev–Trinajstić information content (AvgIpc) is 2.85. The van der Waals surface area contributed by atoms with Gasteiger partial charge in [0.2, 0.25) is 21.8 Å². The summed E-state index contributed by atoms with van der Waals surface area (Å²) in [5.41, 5.74) is 0.925. The fourth-order valence-corrected chi connectivity index (χ4v) is 4.47. The van der Waals surface area contributed by atoms with E-state index in [2.05, 4.69) is 5.32 Å². The van der Waals surface area contributed by atoms with Gasteiger partial charge < -0.3 is 19.7 Å². The predicted molar refractivity (Wildman–Crippen MR) is 141 cm³/mol. The summed E-state index contributed by atoms with van der Waals surface area (Å²) >= 11 is 5.99. The van der Waals surface area contributed by atoms with Crippen molar-refractivity contribution in [3.8, 4) is 11.5 Å². The van der Waals surface area contributed by atoms with Crippen molar-refractivity contribution in [2.45, 2.75) is 39.3 Å². The zero-order chi connectivity index (χ0) is 26.9. The molecule has 36 heavy (non-hydrogen) atoms. The second kappa shape index (κ2) is 13.4. The maximum Gasteiger partial charge on any atom is 0.244 e. The Morgan fingerprint density at radius 2 is 1.75 bits per heavy atom. The Balaban J connectivity index is 2.41. The second-order valence-electron chi connectivity index (χ2n) is 8.28. The molecule has 198 valence electrons. The summed E-state index contributed by atoms with van der Waals surface area (Å²) in [6.07, 6.45) is 2.73. The molecule has 2 amide bonds. The number of nitrogens with one attached hydrogen (secondary N) is 1. The highest BCUT2D eigenvalue weighted by Crippen LogP contribution is 2.33. The Morgan fingerprint density at radius 3 is 2.31 bits per heavy atom. The summed E-state index contributed by atoms with van der Waals surface area (Å²) in [7, 11) is -1.01. The van der Waals surface area contributed by atoms with Crippen molar-refractivity contribution < 1.29 is 27.5 Å². The number of carbonyl (C=O) groups is 2. The van der Waals surface area contributed by atoms with E-state index in [1.165, 1.54) is 31.3 Å². The number of ether oxygens (including phenoxy) is 2. The van der Waals surface area contributed by atoms with Crippen molar-refractivity contribution in [3.63, 3.8) is 0 Å². The topological polar surface area (TPSA) is 105 Å². The summed E-state index contributed by atoms with van der Waals surface area (Å²) in [5, 5.41) is 3.38. The van der Waals surface area contributed by atoms with Crippen LogP contribution in [0.3, 0.4) is 0 Å². The van der Waals surface area contributed by atoms with Crippen LogP contribution >= 0.6 is 11.6 Å². The molecule has 9 nitrogen and oxygen atoms in total. The molecule has 2 aromatic rings. The number of halogens is 1. The minimum atomic E-state index is -3.89. The van der Waals surface area contributed by atoms with Crippen LogP contribution in [0, 0.1) is 0 Å². The summed E-state index contributed by atoms with van der Waals surface area (Å²) in [6, 6.07) is 10.7. The van der Waals surface area contributed by atoms with Crippen LogP contribution in [0.25, 0.3) is 0 Å². The molecule has 0 unspecified atom stereocenters. The van der Waals surface area contributed by atoms with Crippen LogP contribution in [0.1, 0.15) is 32.3 Å². The normalized spacial score (nSPS) is 11.9. The van der Waals surface area contributed by atoms with Crippen LogP contribution in [0.2, 0.25) is 5.02 Å². The Morgan fingerprint density at radius 1 is 1.08 bits per heavy atom. The number of amides is 2. The molecule has 11 heteroatoms. The van der Waals surface area contributed by atoms with Crippen LogP contribution in [-0.4, -0.2) is 64.7 Å². The molecule has 2 aromatic carbocycles. The number of rotatable bonds is 13. The number of hydrogen-bond acceptors (Lipinski definition) is 6. The van der Waals surface area contributed by atoms with E-state index in [0.29, 0.717) is 17.3 Å². The average molecular weight is 540 g/mol. The van der Waals surface area contributed by atoms with Crippen molar-refractivity contribution in [1.82, 2.24) is 10.2 Å². The Hall–Kier alpha value is -2.98. The van der Waals surface area contributed by atoms with Gasteiger partial charge in [0, 0.05) is 24.2 Å². The molecule has 0 aromatic heterocycles. The van der Waals surface area contributed by atoms with Crippen molar-refractivity contribution in [3.05, 3.63) is 53.1 Å². The minimum Gasteiger partial charge on any atom is -0.497 e. The lowest BCUT2D eigenvalue weighted by atomic mass is 10.1. The third kappa shape index (κ3) is 8.03. The number of benzene rings is 2. The monoisotopic (exact) mass is 539 g/mol. The van der Waals surface area contributed by atoms with Crippen LogP contribution in [0.15, 0.2) is 42.5 Å². The maximum atomic E-state index is 13.6. The molecule has 0 fully saturated rings. The first kappa shape index (κ1) is 29.3. The maximum absolute atomic E-state index is 13.6. The third-order valence-electron chi connectivity index (χ3n) is 5.60. The minimum absolute atomic E-state index is 0.0930. The molecule has 0 saturated heterocycles. The standard InChI is InChI=1S/C25H34ClN3O6S/c1-6-7-14-27-25(31)18(2)28(16-19-8-10-20(26)11-9-19)24(30)17-29(36(5,32)33)22-13-12-21(34-3)15-23(22)35-4/h8-13,15,18H,6-7,14,16-17H2,1-5H3,(H,27,31)/t18-/m0/s1. The van der Waals surface area contributed by atoms with E-state index >= 15 is 0 Å². The molecule has 0 bridgehead atoms. The number of anilines is 1. The van der Waals surface area contributed by atoms with E-state index < -0.39 is 28.5 Å². The molecule has 0 saturated carbocycles. The van der Waals surface area contributed by atoms with E-state index in [9.17, 15) is 18.0 Å². The molecule has 0 heterocycles. The first-order chi connectivity index (χ1) is 17.0. The SMILES string of the molecule is CCCCNC(=O)[C@H](C)N(Cc1ccc(Cl)cc1)C(=O)CN(c1ccc(OC)cc1OC)S(C)(=O)=O. The highest BCUT2D eigenvalue weighted by atomic mass is 35.5. The zero-order valence-electron chi connectivity index (χ0n) is 21.3. The van der Waals surface area contributed by atoms with Gasteiger partial charge in [-0.1, -0.05) is 37.1 Å². The Labute approximate surface area is 218 Å². The highest BCUT2D eigenvalue weighted by molar-refractivity contribution is 7.92. The number of methoxy groups -OCH3 is 2. The van der Waals surface area contributed by atoms with E-state index in [1.807, 2.05) is 6.92 Å². The van der Waals surface area contributed by atoms with Gasteiger partial charge in [0.1, 0.15) is 24.1 Å². The van der Waals surface area contributed by atoms with Crippen LogP contribution < -0.4 is 19.1 Å². The predicted octanol–water partition coefficient (Wildman–Crippen LogP) is 3.46. The lowest BCUT2D eigenvalue weighted by Crippen LogP contribution is -2.51. The van der Waals surface area contributed by atoms with E-state index in [1.54, 1.807) is 37.3 Å². The lowest BCUT2D eigenvalue weighted by Gasteiger charge is -2.32. The molecule has 0 radical (unpaired) electrons. The van der Waals surface area contributed by atoms with Gasteiger partial charge in [-0.15, -0.1) is 0 Å². The largest absolute Gasteiger partial charge is 0.497 e. The van der Waals surface area contributed by atoms with Crippen LogP contribution in [-0.2, 0) is 26.2 Å². The quantitative estimate of drug-likeness (QED) is 0.391. The molecule has 0 spiro atoms. The third-order valence-corrected chi connectivity index (χ3v) is 6.98. The lowest BCUT2D eigenvalue weighted by molar-refractivity contribution is -0.139. The zero-order valence-corrected chi connectivity index (χ0v) is 22.9. The molecular weight excluding hydrogens is 506 g/mol. The van der Waals surface area contributed by atoms with Crippen molar-refractivity contribution in [2.75, 3.05) is 37.9 Å². The fourth-order valence-electron chi connectivity index (χ4n) is 3.49. The highest BCUT2D eigenvalue weighted by Gasteiger charge is 2.31. The van der Waals surface area contributed by atoms with Gasteiger partial charge in [0.15, 0.2) is 0 Å². The second-order valence-corrected chi connectivity index (χ2v) is 10.6. The summed E-state index contributed by atoms with van der Waals surface area (Å²) in [4.78, 5) is 27.8. The van der Waals surface area contributed by atoms with Gasteiger partial charge in [-0.3, -0.25) is 13.9 Å². The van der Waals surface area contributed by atoms with E-state index in [4.69, 9.17) is 21.1 Å². The summed E-state index contributed by atoms with van der Waals surface area (Å²) in [6.45, 7) is 3.69. The Bertz CT molecular complexity index is 1140. The van der Waals surface area contributed by atoms with Gasteiger partial charge in [0.25, 0.3) is 0 Å². The molecule has 1 atom stereocenters. The molecule has 0 aliphatic rings. The number of hydrogen-bond donors (Lipinski definition) is 1. The molecule has 1 N–H and O–H groups in total. The number of unbranched alkanes of at least 4 members (excludes halogenated alkanes) is 1. The number of sulfonamides is 1. The molecular formula is C25H34ClN3O6S. The van der Waals surface area contributed by atoms with Gasteiger partial charge in [0.05, 0.1) is 26.2 Å².